The molecule has 0 spiro atoms. The summed E-state index contributed by atoms with van der Waals surface area (Å²) < 4.78 is 31.4. The highest BCUT2D eigenvalue weighted by Crippen LogP contribution is 2.15. The maximum Gasteiger partial charge on any atom is 0.236 e. The van der Waals surface area contributed by atoms with Crippen LogP contribution in [0.2, 0.25) is 0 Å². The molecular formula is C11H18N2O3S. The summed E-state index contributed by atoms with van der Waals surface area (Å²) in [6.07, 6.45) is 3.13. The third kappa shape index (κ3) is 3.74. The molecule has 17 heavy (non-hydrogen) atoms. The molecule has 2 N–H and O–H groups in total. The highest BCUT2D eigenvalue weighted by Gasteiger charge is 2.21. The third-order valence-corrected chi connectivity index (χ3v) is 4.18. The maximum atomic E-state index is 11.9. The zero-order chi connectivity index (χ0) is 12.3. The molecule has 0 amide bonds. The van der Waals surface area contributed by atoms with E-state index in [1.165, 1.54) is 0 Å². The average Bonchev–Trinajstić information content (AvgIpc) is 2.63. The van der Waals surface area contributed by atoms with Gasteiger partial charge in [-0.25, -0.2) is 8.42 Å². The van der Waals surface area contributed by atoms with Crippen molar-refractivity contribution in [1.82, 2.24) is 5.32 Å². The van der Waals surface area contributed by atoms with Crippen molar-refractivity contribution >= 4 is 15.9 Å². The van der Waals surface area contributed by atoms with Crippen LogP contribution in [0.5, 0.6) is 0 Å². The van der Waals surface area contributed by atoms with E-state index in [-0.39, 0.29) is 11.8 Å². The molecule has 6 heteroatoms. The molecule has 0 aliphatic carbocycles. The van der Waals surface area contributed by atoms with E-state index in [9.17, 15) is 8.42 Å². The first-order chi connectivity index (χ1) is 8.05. The normalized spacial score (nSPS) is 21.4. The van der Waals surface area contributed by atoms with Gasteiger partial charge >= 0.3 is 0 Å². The van der Waals surface area contributed by atoms with Gasteiger partial charge in [0.2, 0.25) is 15.9 Å². The zero-order valence-electron chi connectivity index (χ0n) is 9.90. The maximum absolute atomic E-state index is 11.9. The van der Waals surface area contributed by atoms with Gasteiger partial charge in [0.05, 0.1) is 5.75 Å². The molecular weight excluding hydrogens is 240 g/mol. The number of rotatable bonds is 4. The number of sulfonamides is 1. The smallest absolute Gasteiger partial charge is 0.236 e. The standard InChI is InChI=1S/C11H18N2O3S/c1-9-5-6-11(16-9)13-17(14,15)8-10-4-2-3-7-12-10/h5-6,10,12-13H,2-4,7-8H2,1H3. The lowest BCUT2D eigenvalue weighted by molar-refractivity contribution is 0.424. The van der Waals surface area contributed by atoms with Crippen molar-refractivity contribution in [3.8, 4) is 0 Å². The first-order valence-corrected chi connectivity index (χ1v) is 7.51. The quantitative estimate of drug-likeness (QED) is 0.858. The van der Waals surface area contributed by atoms with Gasteiger partial charge in [0.1, 0.15) is 5.76 Å². The van der Waals surface area contributed by atoms with Crippen molar-refractivity contribution in [2.24, 2.45) is 0 Å². The summed E-state index contributed by atoms with van der Waals surface area (Å²) in [6.45, 7) is 2.68. The summed E-state index contributed by atoms with van der Waals surface area (Å²) in [5.41, 5.74) is 0. The van der Waals surface area contributed by atoms with Crippen LogP contribution in [-0.2, 0) is 10.0 Å². The molecule has 0 saturated carbocycles. The molecule has 1 aromatic rings. The molecule has 1 unspecified atom stereocenters. The van der Waals surface area contributed by atoms with Crippen molar-refractivity contribution in [2.75, 3.05) is 17.0 Å². The van der Waals surface area contributed by atoms with E-state index in [1.807, 2.05) is 0 Å². The Kier molecular flexibility index (Phi) is 3.73. The minimum atomic E-state index is -3.33. The van der Waals surface area contributed by atoms with Crippen LogP contribution < -0.4 is 10.0 Å². The number of furan rings is 1. The van der Waals surface area contributed by atoms with Crippen molar-refractivity contribution < 1.29 is 12.8 Å². The van der Waals surface area contributed by atoms with Crippen molar-refractivity contribution in [3.63, 3.8) is 0 Å². The van der Waals surface area contributed by atoms with E-state index in [4.69, 9.17) is 4.42 Å². The molecule has 96 valence electrons. The van der Waals surface area contributed by atoms with Gasteiger partial charge in [0.25, 0.3) is 0 Å². The number of anilines is 1. The van der Waals surface area contributed by atoms with Gasteiger partial charge in [-0.15, -0.1) is 0 Å². The number of hydrogen-bond acceptors (Lipinski definition) is 4. The number of nitrogens with one attached hydrogen (secondary N) is 2. The molecule has 1 aliphatic rings. The van der Waals surface area contributed by atoms with Gasteiger partial charge < -0.3 is 9.73 Å². The Hall–Kier alpha value is -1.01. The lowest BCUT2D eigenvalue weighted by Gasteiger charge is -2.23. The number of aryl methyl sites for hydroxylation is 1. The zero-order valence-corrected chi connectivity index (χ0v) is 10.7. The van der Waals surface area contributed by atoms with Crippen LogP contribution >= 0.6 is 0 Å². The Morgan fingerprint density at radius 3 is 2.88 bits per heavy atom. The molecule has 1 saturated heterocycles. The summed E-state index contributed by atoms with van der Waals surface area (Å²) in [7, 11) is -3.33. The predicted octanol–water partition coefficient (Wildman–Crippen LogP) is 1.47. The molecule has 1 aromatic heterocycles. The van der Waals surface area contributed by atoms with Crippen molar-refractivity contribution in [1.29, 1.82) is 0 Å². The van der Waals surface area contributed by atoms with Crippen molar-refractivity contribution in [3.05, 3.63) is 17.9 Å². The fraction of sp³-hybridized carbons (Fsp3) is 0.636. The van der Waals surface area contributed by atoms with Crippen molar-refractivity contribution in [2.45, 2.75) is 32.2 Å². The van der Waals surface area contributed by atoms with Crippen LogP contribution in [-0.4, -0.2) is 26.8 Å². The minimum Gasteiger partial charge on any atom is -0.445 e. The van der Waals surface area contributed by atoms with Crippen LogP contribution in [0.4, 0.5) is 5.88 Å². The molecule has 0 aromatic carbocycles. The molecule has 5 nitrogen and oxygen atoms in total. The highest BCUT2D eigenvalue weighted by molar-refractivity contribution is 7.92. The monoisotopic (exact) mass is 258 g/mol. The van der Waals surface area contributed by atoms with E-state index < -0.39 is 10.0 Å². The van der Waals surface area contributed by atoms with Crippen LogP contribution in [0.25, 0.3) is 0 Å². The highest BCUT2D eigenvalue weighted by atomic mass is 32.2. The largest absolute Gasteiger partial charge is 0.445 e. The fourth-order valence-corrected chi connectivity index (χ4v) is 3.33. The summed E-state index contributed by atoms with van der Waals surface area (Å²) in [4.78, 5) is 0. The Morgan fingerprint density at radius 2 is 2.29 bits per heavy atom. The predicted molar refractivity (Wildman–Crippen MR) is 66.5 cm³/mol. The van der Waals surface area contributed by atoms with E-state index in [0.717, 1.165) is 25.8 Å². The van der Waals surface area contributed by atoms with Crippen LogP contribution in [0.1, 0.15) is 25.0 Å². The summed E-state index contributed by atoms with van der Waals surface area (Å²) in [5.74, 6) is 1.09. The second-order valence-electron chi connectivity index (χ2n) is 4.44. The first kappa shape index (κ1) is 12.4. The van der Waals surface area contributed by atoms with Crippen LogP contribution in [0.3, 0.4) is 0 Å². The molecule has 2 heterocycles. The molecule has 1 atom stereocenters. The number of hydrogen-bond donors (Lipinski definition) is 2. The Bertz CT molecular complexity index is 461. The van der Waals surface area contributed by atoms with Crippen LogP contribution in [0.15, 0.2) is 16.5 Å². The average molecular weight is 258 g/mol. The van der Waals surface area contributed by atoms with Gasteiger partial charge in [0, 0.05) is 12.1 Å². The topological polar surface area (TPSA) is 71.3 Å². The molecule has 1 fully saturated rings. The van der Waals surface area contributed by atoms with Gasteiger partial charge in [-0.3, -0.25) is 4.72 Å². The summed E-state index contributed by atoms with van der Waals surface area (Å²) in [6, 6.07) is 3.41. The van der Waals surface area contributed by atoms with Gasteiger partial charge in [0.15, 0.2) is 0 Å². The van der Waals surface area contributed by atoms with Gasteiger partial charge in [-0.05, 0) is 32.4 Å². The van der Waals surface area contributed by atoms with E-state index in [2.05, 4.69) is 10.0 Å². The Morgan fingerprint density at radius 1 is 1.47 bits per heavy atom. The summed E-state index contributed by atoms with van der Waals surface area (Å²) >= 11 is 0. The number of piperidine rings is 1. The first-order valence-electron chi connectivity index (χ1n) is 5.85. The molecule has 2 rings (SSSR count). The second kappa shape index (κ2) is 5.10. The Balaban J connectivity index is 1.94. The fourth-order valence-electron chi connectivity index (χ4n) is 2.02. The lowest BCUT2D eigenvalue weighted by Crippen LogP contribution is -2.40. The SMILES string of the molecule is Cc1ccc(NS(=O)(=O)CC2CCCCN2)o1. The minimum absolute atomic E-state index is 0.0531. The van der Waals surface area contributed by atoms with Gasteiger partial charge in [-0.2, -0.15) is 0 Å². The van der Waals surface area contributed by atoms with E-state index >= 15 is 0 Å². The second-order valence-corrected chi connectivity index (χ2v) is 6.21. The lowest BCUT2D eigenvalue weighted by atomic mass is 10.1. The third-order valence-electron chi connectivity index (χ3n) is 2.83. The molecule has 1 aliphatic heterocycles. The van der Waals surface area contributed by atoms with E-state index in [0.29, 0.717) is 11.6 Å². The molecule has 0 bridgehead atoms. The molecule has 0 radical (unpaired) electrons. The van der Waals surface area contributed by atoms with Crippen LogP contribution in [0, 0.1) is 6.92 Å². The van der Waals surface area contributed by atoms with E-state index in [1.54, 1.807) is 19.1 Å². The van der Waals surface area contributed by atoms with Gasteiger partial charge in [-0.1, -0.05) is 6.42 Å². The Labute approximate surface area is 102 Å². The summed E-state index contributed by atoms with van der Waals surface area (Å²) in [5, 5.41) is 3.22.